The molecule has 2 fully saturated rings. The van der Waals surface area contributed by atoms with E-state index in [0.29, 0.717) is 23.3 Å². The van der Waals surface area contributed by atoms with E-state index in [-0.39, 0.29) is 6.03 Å². The van der Waals surface area contributed by atoms with Crippen molar-refractivity contribution in [2.45, 2.75) is 6.42 Å². The summed E-state index contributed by atoms with van der Waals surface area (Å²) in [7, 11) is 1.60. The molecule has 2 atom stereocenters. The molecular weight excluding hydrogens is 256 g/mol. The summed E-state index contributed by atoms with van der Waals surface area (Å²) in [4.78, 5) is 14.3. The number of nitrogens with zero attached hydrogens (tertiary/aromatic N) is 1. The maximum atomic E-state index is 12.4. The molecule has 5 nitrogen and oxygen atoms in total. The molecule has 2 bridgehead atoms. The van der Waals surface area contributed by atoms with Crippen LogP contribution < -0.4 is 10.1 Å². The summed E-state index contributed by atoms with van der Waals surface area (Å²) >= 11 is 0. The largest absolute Gasteiger partial charge is 0.495 e. The summed E-state index contributed by atoms with van der Waals surface area (Å²) in [6, 6.07) is 7.42. The van der Waals surface area contributed by atoms with Crippen LogP contribution in [-0.2, 0) is 4.74 Å². The lowest BCUT2D eigenvalue weighted by Crippen LogP contribution is -2.50. The van der Waals surface area contributed by atoms with Gasteiger partial charge < -0.3 is 19.7 Å². The van der Waals surface area contributed by atoms with Gasteiger partial charge in [0, 0.05) is 24.9 Å². The molecule has 2 saturated heterocycles. The first-order valence-corrected chi connectivity index (χ1v) is 7.03. The van der Waals surface area contributed by atoms with Gasteiger partial charge in [-0.05, 0) is 18.6 Å². The second kappa shape index (κ2) is 5.71. The molecule has 0 spiro atoms. The zero-order valence-electron chi connectivity index (χ0n) is 11.7. The van der Waals surface area contributed by atoms with Gasteiger partial charge in [0.2, 0.25) is 0 Å². The van der Waals surface area contributed by atoms with Gasteiger partial charge in [-0.3, -0.25) is 0 Å². The normalized spacial score (nSPS) is 25.1. The van der Waals surface area contributed by atoms with Crippen LogP contribution in [0, 0.1) is 11.8 Å². The predicted molar refractivity (Wildman–Crippen MR) is 76.0 cm³/mol. The Labute approximate surface area is 118 Å². The highest BCUT2D eigenvalue weighted by molar-refractivity contribution is 5.91. The first kappa shape index (κ1) is 13.2. The van der Waals surface area contributed by atoms with Gasteiger partial charge in [0.05, 0.1) is 26.0 Å². The third kappa shape index (κ3) is 2.72. The van der Waals surface area contributed by atoms with Gasteiger partial charge in [-0.2, -0.15) is 0 Å². The quantitative estimate of drug-likeness (QED) is 0.901. The van der Waals surface area contributed by atoms with Crippen molar-refractivity contribution in [1.29, 1.82) is 0 Å². The summed E-state index contributed by atoms with van der Waals surface area (Å²) in [5.74, 6) is 1.64. The number of ether oxygens (including phenoxy) is 2. The minimum absolute atomic E-state index is 0.0499. The summed E-state index contributed by atoms with van der Waals surface area (Å²) in [6.45, 7) is 3.10. The van der Waals surface area contributed by atoms with Crippen LogP contribution in [0.15, 0.2) is 24.3 Å². The first-order chi connectivity index (χ1) is 9.76. The van der Waals surface area contributed by atoms with E-state index < -0.39 is 0 Å². The number of hydrogen-bond acceptors (Lipinski definition) is 3. The van der Waals surface area contributed by atoms with Gasteiger partial charge in [-0.1, -0.05) is 12.1 Å². The van der Waals surface area contributed by atoms with Crippen molar-refractivity contribution in [3.63, 3.8) is 0 Å². The average Bonchev–Trinajstić information content (AvgIpc) is 2.47. The number of piperidine rings is 1. The first-order valence-electron chi connectivity index (χ1n) is 7.03. The zero-order valence-corrected chi connectivity index (χ0v) is 11.7. The Kier molecular flexibility index (Phi) is 3.78. The summed E-state index contributed by atoms with van der Waals surface area (Å²) in [5.41, 5.74) is 0.715. The highest BCUT2D eigenvalue weighted by atomic mass is 16.5. The number of para-hydroxylation sites is 2. The number of hydrogen-bond donors (Lipinski definition) is 1. The van der Waals surface area contributed by atoms with Gasteiger partial charge >= 0.3 is 6.03 Å². The van der Waals surface area contributed by atoms with Crippen LogP contribution in [0.4, 0.5) is 10.5 Å². The standard InChI is InChI=1S/C15H20N2O3/c1-19-14-5-3-2-4-13(14)16-15(18)17-7-11-6-12(8-17)10-20-9-11/h2-5,11-12H,6-10H2,1H3,(H,16,18)/t11-,12-/m0/s1. The van der Waals surface area contributed by atoms with E-state index in [1.807, 2.05) is 29.2 Å². The summed E-state index contributed by atoms with van der Waals surface area (Å²) in [6.07, 6.45) is 1.18. The van der Waals surface area contributed by atoms with Crippen LogP contribution >= 0.6 is 0 Å². The fraction of sp³-hybridized carbons (Fsp3) is 0.533. The molecule has 108 valence electrons. The minimum atomic E-state index is -0.0499. The third-order valence-corrected chi connectivity index (χ3v) is 3.97. The van der Waals surface area contributed by atoms with E-state index in [1.165, 1.54) is 6.42 Å². The number of benzene rings is 1. The molecule has 0 aromatic heterocycles. The van der Waals surface area contributed by atoms with Crippen molar-refractivity contribution in [3.05, 3.63) is 24.3 Å². The monoisotopic (exact) mass is 276 g/mol. The van der Waals surface area contributed by atoms with Crippen molar-refractivity contribution in [1.82, 2.24) is 4.90 Å². The predicted octanol–water partition coefficient (Wildman–Crippen LogP) is 2.20. The van der Waals surface area contributed by atoms with Crippen LogP contribution in [0.3, 0.4) is 0 Å². The number of methoxy groups -OCH3 is 1. The SMILES string of the molecule is COc1ccccc1NC(=O)N1C[C@H]2COC[C@@H](C2)C1. The average molecular weight is 276 g/mol. The van der Waals surface area contributed by atoms with Crippen LogP contribution in [-0.4, -0.2) is 44.3 Å². The molecule has 0 saturated carbocycles. The number of carbonyl (C=O) groups is 1. The molecule has 1 aromatic rings. The Morgan fingerprint density at radius 1 is 1.30 bits per heavy atom. The number of carbonyl (C=O) groups excluding carboxylic acids is 1. The topological polar surface area (TPSA) is 50.8 Å². The van der Waals surface area contributed by atoms with Crippen LogP contribution in [0.2, 0.25) is 0 Å². The fourth-order valence-corrected chi connectivity index (χ4v) is 3.07. The van der Waals surface area contributed by atoms with Gasteiger partial charge in [-0.25, -0.2) is 4.79 Å². The number of likely N-dealkylation sites (tertiary alicyclic amines) is 1. The second-order valence-electron chi connectivity index (χ2n) is 5.54. The number of urea groups is 1. The molecule has 0 radical (unpaired) electrons. The van der Waals surface area contributed by atoms with Gasteiger partial charge in [0.25, 0.3) is 0 Å². The number of rotatable bonds is 2. The van der Waals surface area contributed by atoms with E-state index in [4.69, 9.17) is 9.47 Å². The molecule has 2 aliphatic rings. The molecule has 1 aromatic carbocycles. The Morgan fingerprint density at radius 2 is 2.00 bits per heavy atom. The van der Waals surface area contributed by atoms with E-state index in [9.17, 15) is 4.79 Å². The van der Waals surface area contributed by atoms with Crippen molar-refractivity contribution >= 4 is 11.7 Å². The Morgan fingerprint density at radius 3 is 2.70 bits per heavy atom. The molecule has 2 aliphatic heterocycles. The third-order valence-electron chi connectivity index (χ3n) is 3.97. The van der Waals surface area contributed by atoms with Crippen LogP contribution in [0.1, 0.15) is 6.42 Å². The summed E-state index contributed by atoms with van der Waals surface area (Å²) < 4.78 is 10.8. The molecule has 20 heavy (non-hydrogen) atoms. The molecule has 1 N–H and O–H groups in total. The molecule has 0 unspecified atom stereocenters. The summed E-state index contributed by atoms with van der Waals surface area (Å²) in [5, 5.41) is 2.94. The zero-order chi connectivity index (χ0) is 13.9. The molecule has 5 heteroatoms. The van der Waals surface area contributed by atoms with Gasteiger partial charge in [0.15, 0.2) is 0 Å². The molecule has 2 amide bonds. The van der Waals surface area contributed by atoms with Crippen LogP contribution in [0.5, 0.6) is 5.75 Å². The van der Waals surface area contributed by atoms with E-state index in [0.717, 1.165) is 26.3 Å². The smallest absolute Gasteiger partial charge is 0.321 e. The molecule has 3 rings (SSSR count). The molecule has 2 heterocycles. The maximum absolute atomic E-state index is 12.4. The highest BCUT2D eigenvalue weighted by Gasteiger charge is 2.33. The fourth-order valence-electron chi connectivity index (χ4n) is 3.07. The van der Waals surface area contributed by atoms with Crippen LogP contribution in [0.25, 0.3) is 0 Å². The minimum Gasteiger partial charge on any atom is -0.495 e. The molecule has 0 aliphatic carbocycles. The Hall–Kier alpha value is -1.75. The van der Waals surface area contributed by atoms with Crippen molar-refractivity contribution in [3.8, 4) is 5.75 Å². The Bertz CT molecular complexity index is 480. The van der Waals surface area contributed by atoms with Gasteiger partial charge in [-0.15, -0.1) is 0 Å². The van der Waals surface area contributed by atoms with Crippen molar-refractivity contribution in [2.24, 2.45) is 11.8 Å². The lowest BCUT2D eigenvalue weighted by Gasteiger charge is -2.41. The van der Waals surface area contributed by atoms with E-state index >= 15 is 0 Å². The number of anilines is 1. The lowest BCUT2D eigenvalue weighted by molar-refractivity contribution is -0.0281. The Balaban J connectivity index is 1.67. The van der Waals surface area contributed by atoms with Crippen molar-refractivity contribution < 1.29 is 14.3 Å². The van der Waals surface area contributed by atoms with Crippen molar-refractivity contribution in [2.75, 3.05) is 38.7 Å². The maximum Gasteiger partial charge on any atom is 0.321 e. The van der Waals surface area contributed by atoms with Gasteiger partial charge in [0.1, 0.15) is 5.75 Å². The molecular formula is C15H20N2O3. The number of fused-ring (bicyclic) bond motifs is 2. The number of nitrogens with one attached hydrogen (secondary N) is 1. The number of amides is 2. The highest BCUT2D eigenvalue weighted by Crippen LogP contribution is 2.28. The van der Waals surface area contributed by atoms with E-state index in [1.54, 1.807) is 7.11 Å². The van der Waals surface area contributed by atoms with E-state index in [2.05, 4.69) is 5.32 Å². The second-order valence-corrected chi connectivity index (χ2v) is 5.54. The lowest BCUT2D eigenvalue weighted by atomic mass is 9.88.